The van der Waals surface area contributed by atoms with Crippen molar-refractivity contribution in [2.45, 2.75) is 155 Å². The zero-order valence-corrected chi connectivity index (χ0v) is 28.2. The van der Waals surface area contributed by atoms with Crippen molar-refractivity contribution in [1.82, 2.24) is 0 Å². The summed E-state index contributed by atoms with van der Waals surface area (Å²) >= 11 is 0. The number of aliphatic carboxylic acids is 1. The van der Waals surface area contributed by atoms with Crippen LogP contribution in [0.15, 0.2) is 85.1 Å². The number of hydrogen-bond donors (Lipinski definition) is 1. The molecular formula is C40H64O4. The lowest BCUT2D eigenvalue weighted by molar-refractivity contribution is -0.147. The molecular weight excluding hydrogens is 544 g/mol. The van der Waals surface area contributed by atoms with Gasteiger partial charge in [0.25, 0.3) is 0 Å². The molecule has 0 fully saturated rings. The lowest BCUT2D eigenvalue weighted by atomic mass is 10.1. The molecule has 0 aromatic rings. The number of carboxylic acids is 1. The maximum atomic E-state index is 12.5. The molecule has 0 aliphatic carbocycles. The standard InChI is InChI=1S/C40H64O4/c1-3-5-7-9-11-13-14-15-16-17-18-19-20-21-22-23-25-27-33-37-40(43)44-38(35-31-28-29-32-36-39(41)42)34-30-26-24-12-10-8-6-4-2/h5,7,11-13,15-16,18-19,21-22,24,30,34,38H,3-4,6,8-10,14,17,20,23,25-29,31-33,35-37H2,1-2H3,(H,41,42)/b7-5-,13-11-,16-15-,19-18-,22-21-,24-12-,34-30-. The summed E-state index contributed by atoms with van der Waals surface area (Å²) in [6.45, 7) is 4.37. The molecule has 44 heavy (non-hydrogen) atoms. The average molecular weight is 609 g/mol. The fraction of sp³-hybridized carbons (Fsp3) is 0.600. The van der Waals surface area contributed by atoms with Crippen LogP contribution in [0.1, 0.15) is 149 Å². The SMILES string of the molecule is CC/C=C\C/C=C\C/C=C\C/C=C\C/C=C\CCCCCC(=O)OC(/C=C\C/C=C\CCCCC)CCCCCCC(=O)O. The zero-order valence-electron chi connectivity index (χ0n) is 28.2. The predicted molar refractivity (Wildman–Crippen MR) is 190 cm³/mol. The third kappa shape index (κ3) is 33.6. The van der Waals surface area contributed by atoms with E-state index >= 15 is 0 Å². The van der Waals surface area contributed by atoms with Crippen LogP contribution >= 0.6 is 0 Å². The van der Waals surface area contributed by atoms with E-state index in [2.05, 4.69) is 92.8 Å². The Balaban J connectivity index is 4.14. The molecule has 0 radical (unpaired) electrons. The lowest BCUT2D eigenvalue weighted by Crippen LogP contribution is -2.16. The Labute approximate surface area is 270 Å². The Bertz CT molecular complexity index is 872. The zero-order chi connectivity index (χ0) is 32.2. The summed E-state index contributed by atoms with van der Waals surface area (Å²) < 4.78 is 5.82. The van der Waals surface area contributed by atoms with Crippen LogP contribution in [0, 0.1) is 0 Å². The van der Waals surface area contributed by atoms with Gasteiger partial charge in [-0.15, -0.1) is 0 Å². The smallest absolute Gasteiger partial charge is 0.306 e. The number of carboxylic acid groups (broad SMARTS) is 1. The highest BCUT2D eigenvalue weighted by Crippen LogP contribution is 2.14. The van der Waals surface area contributed by atoms with Crippen LogP contribution in [0.5, 0.6) is 0 Å². The molecule has 4 nitrogen and oxygen atoms in total. The third-order valence-electron chi connectivity index (χ3n) is 7.09. The number of unbranched alkanes of at least 4 members (excludes halogenated alkanes) is 9. The van der Waals surface area contributed by atoms with Crippen LogP contribution < -0.4 is 0 Å². The first-order valence-electron chi connectivity index (χ1n) is 17.6. The molecule has 0 amide bonds. The molecule has 0 saturated carbocycles. The van der Waals surface area contributed by atoms with E-state index in [0.29, 0.717) is 12.8 Å². The molecule has 0 spiro atoms. The summed E-state index contributed by atoms with van der Waals surface area (Å²) in [6, 6.07) is 0. The quantitative estimate of drug-likeness (QED) is 0.0500. The summed E-state index contributed by atoms with van der Waals surface area (Å²) in [5.41, 5.74) is 0. The number of hydrogen-bond acceptors (Lipinski definition) is 3. The van der Waals surface area contributed by atoms with Crippen molar-refractivity contribution < 1.29 is 19.4 Å². The number of allylic oxidation sites excluding steroid dienone is 13. The summed E-state index contributed by atoms with van der Waals surface area (Å²) in [5.74, 6) is -0.851. The summed E-state index contributed by atoms with van der Waals surface area (Å²) in [7, 11) is 0. The van der Waals surface area contributed by atoms with Gasteiger partial charge in [-0.05, 0) is 96.0 Å². The Kier molecular flexibility index (Phi) is 32.3. The minimum Gasteiger partial charge on any atom is -0.481 e. The first kappa shape index (κ1) is 41.1. The van der Waals surface area contributed by atoms with Gasteiger partial charge in [0.2, 0.25) is 0 Å². The van der Waals surface area contributed by atoms with Gasteiger partial charge in [-0.2, -0.15) is 0 Å². The molecule has 0 aromatic heterocycles. The van der Waals surface area contributed by atoms with E-state index in [4.69, 9.17) is 9.84 Å². The van der Waals surface area contributed by atoms with Gasteiger partial charge in [0.1, 0.15) is 6.10 Å². The Hall–Kier alpha value is -2.88. The van der Waals surface area contributed by atoms with Gasteiger partial charge in [-0.1, -0.05) is 125 Å². The van der Waals surface area contributed by atoms with E-state index in [1.807, 2.05) is 6.08 Å². The average Bonchev–Trinajstić information content (AvgIpc) is 3.01. The monoisotopic (exact) mass is 608 g/mol. The molecule has 1 atom stereocenters. The second-order valence-corrected chi connectivity index (χ2v) is 11.3. The highest BCUT2D eigenvalue weighted by Gasteiger charge is 2.11. The van der Waals surface area contributed by atoms with E-state index in [9.17, 15) is 9.59 Å². The molecule has 1 unspecified atom stereocenters. The van der Waals surface area contributed by atoms with Gasteiger partial charge in [0, 0.05) is 12.8 Å². The predicted octanol–water partition coefficient (Wildman–Crippen LogP) is 12.1. The topological polar surface area (TPSA) is 63.6 Å². The largest absolute Gasteiger partial charge is 0.481 e. The molecule has 0 aromatic carbocycles. The first-order valence-corrected chi connectivity index (χ1v) is 17.6. The van der Waals surface area contributed by atoms with Gasteiger partial charge >= 0.3 is 11.9 Å². The molecule has 0 aliphatic rings. The number of carbonyl (C=O) groups excluding carboxylic acids is 1. The maximum absolute atomic E-state index is 12.5. The number of esters is 1. The summed E-state index contributed by atoms with van der Waals surface area (Å²) in [6.07, 6.45) is 50.3. The minimum absolute atomic E-state index is 0.115. The van der Waals surface area contributed by atoms with Crippen LogP contribution in [0.2, 0.25) is 0 Å². The number of carbonyl (C=O) groups is 2. The van der Waals surface area contributed by atoms with Gasteiger partial charge in [0.15, 0.2) is 0 Å². The van der Waals surface area contributed by atoms with Crippen molar-refractivity contribution >= 4 is 11.9 Å². The second kappa shape index (κ2) is 34.6. The summed E-state index contributed by atoms with van der Waals surface area (Å²) in [4.78, 5) is 23.2. The normalized spacial score (nSPS) is 13.3. The molecule has 248 valence electrons. The van der Waals surface area contributed by atoms with Gasteiger partial charge in [-0.3, -0.25) is 9.59 Å². The fourth-order valence-corrected chi connectivity index (χ4v) is 4.51. The highest BCUT2D eigenvalue weighted by atomic mass is 16.5. The van der Waals surface area contributed by atoms with E-state index in [-0.39, 0.29) is 18.5 Å². The van der Waals surface area contributed by atoms with E-state index in [1.54, 1.807) is 0 Å². The maximum Gasteiger partial charge on any atom is 0.306 e. The highest BCUT2D eigenvalue weighted by molar-refractivity contribution is 5.69. The molecule has 1 N–H and O–H groups in total. The lowest BCUT2D eigenvalue weighted by Gasteiger charge is -2.14. The molecule has 0 heterocycles. The van der Waals surface area contributed by atoms with E-state index in [0.717, 1.165) is 96.3 Å². The van der Waals surface area contributed by atoms with Crippen molar-refractivity contribution in [2.24, 2.45) is 0 Å². The second-order valence-electron chi connectivity index (χ2n) is 11.3. The van der Waals surface area contributed by atoms with Crippen molar-refractivity contribution in [2.75, 3.05) is 0 Å². The molecule has 0 rings (SSSR count). The van der Waals surface area contributed by atoms with Gasteiger partial charge in [0.05, 0.1) is 0 Å². The van der Waals surface area contributed by atoms with Crippen molar-refractivity contribution in [3.05, 3.63) is 85.1 Å². The Morgan fingerprint density at radius 1 is 0.545 bits per heavy atom. The fourth-order valence-electron chi connectivity index (χ4n) is 4.51. The van der Waals surface area contributed by atoms with Crippen molar-refractivity contribution in [3.8, 4) is 0 Å². The van der Waals surface area contributed by atoms with Crippen molar-refractivity contribution in [3.63, 3.8) is 0 Å². The molecule has 0 bridgehead atoms. The van der Waals surface area contributed by atoms with Crippen LogP contribution in [0.4, 0.5) is 0 Å². The van der Waals surface area contributed by atoms with E-state index in [1.165, 1.54) is 19.3 Å². The first-order chi connectivity index (χ1) is 21.6. The van der Waals surface area contributed by atoms with Crippen molar-refractivity contribution in [1.29, 1.82) is 0 Å². The van der Waals surface area contributed by atoms with Crippen LogP contribution in [0.3, 0.4) is 0 Å². The van der Waals surface area contributed by atoms with Crippen LogP contribution in [0.25, 0.3) is 0 Å². The van der Waals surface area contributed by atoms with Crippen LogP contribution in [-0.2, 0) is 14.3 Å². The van der Waals surface area contributed by atoms with Gasteiger partial charge < -0.3 is 9.84 Å². The minimum atomic E-state index is -0.736. The number of rotatable bonds is 30. The van der Waals surface area contributed by atoms with Gasteiger partial charge in [-0.25, -0.2) is 0 Å². The van der Waals surface area contributed by atoms with Crippen LogP contribution in [-0.4, -0.2) is 23.1 Å². The van der Waals surface area contributed by atoms with E-state index < -0.39 is 5.97 Å². The molecule has 4 heteroatoms. The molecule has 0 aliphatic heterocycles. The third-order valence-corrected chi connectivity index (χ3v) is 7.09. The Morgan fingerprint density at radius 3 is 1.59 bits per heavy atom. The molecule has 0 saturated heterocycles. The summed E-state index contributed by atoms with van der Waals surface area (Å²) in [5, 5.41) is 8.80. The number of ether oxygens (including phenoxy) is 1. The Morgan fingerprint density at radius 2 is 1.02 bits per heavy atom.